The molecule has 0 radical (unpaired) electrons. The molecular weight excluding hydrogens is 340 g/mol. The number of halogens is 1. The third-order valence-electron chi connectivity index (χ3n) is 3.27. The van der Waals surface area contributed by atoms with Crippen LogP contribution in [-0.2, 0) is 16.1 Å². The van der Waals surface area contributed by atoms with Crippen LogP contribution in [0.2, 0.25) is 0 Å². The molecule has 1 aliphatic rings. The molecule has 2 amide bonds. The van der Waals surface area contributed by atoms with Gasteiger partial charge in [0, 0.05) is 11.0 Å². The number of hydrogen-bond donors (Lipinski definition) is 2. The van der Waals surface area contributed by atoms with Gasteiger partial charge in [0.1, 0.15) is 12.2 Å². The van der Waals surface area contributed by atoms with E-state index in [9.17, 15) is 9.59 Å². The maximum absolute atomic E-state index is 12.0. The molecule has 0 aromatic heterocycles. The number of nitrogens with one attached hydrogen (secondary N) is 1. The summed E-state index contributed by atoms with van der Waals surface area (Å²) >= 11 is 3.43. The van der Waals surface area contributed by atoms with E-state index < -0.39 is 11.6 Å². The lowest BCUT2D eigenvalue weighted by Crippen LogP contribution is -2.65. The normalized spacial score (nSPS) is 16.2. The number of amides is 2. The Balaban J connectivity index is 1.76. The first-order chi connectivity index (χ1) is 9.89. The van der Waals surface area contributed by atoms with E-state index in [1.165, 1.54) is 0 Å². The molecule has 0 spiro atoms. The van der Waals surface area contributed by atoms with Gasteiger partial charge in [-0.15, -0.1) is 0 Å². The molecule has 0 unspecified atom stereocenters. The second-order valence-corrected chi connectivity index (χ2v) is 6.09. The van der Waals surface area contributed by atoms with Crippen molar-refractivity contribution in [3.05, 3.63) is 34.3 Å². The van der Waals surface area contributed by atoms with Gasteiger partial charge in [-0.05, 0) is 18.6 Å². The van der Waals surface area contributed by atoms with Gasteiger partial charge in [-0.3, -0.25) is 0 Å². The Bertz CT molecular complexity index is 544. The minimum atomic E-state index is -1.01. The molecule has 0 saturated carbocycles. The number of urea groups is 1. The number of ether oxygens (including phenoxy) is 1. The number of carbonyl (C=O) groups is 2. The van der Waals surface area contributed by atoms with Crippen LogP contribution in [0, 0.1) is 0 Å². The molecule has 1 aromatic rings. The summed E-state index contributed by atoms with van der Waals surface area (Å²) in [5.41, 5.74) is 0.430. The van der Waals surface area contributed by atoms with E-state index in [0.717, 1.165) is 10.0 Å². The number of likely N-dealkylation sites (tertiary alicyclic amines) is 1. The highest BCUT2D eigenvalue weighted by molar-refractivity contribution is 9.10. The minimum absolute atomic E-state index is 0.179. The highest BCUT2D eigenvalue weighted by atomic mass is 79.9. The van der Waals surface area contributed by atoms with E-state index >= 15 is 0 Å². The van der Waals surface area contributed by atoms with Crippen LogP contribution in [0.3, 0.4) is 0 Å². The van der Waals surface area contributed by atoms with Crippen LogP contribution >= 0.6 is 15.9 Å². The summed E-state index contributed by atoms with van der Waals surface area (Å²) in [6, 6.07) is 7.49. The van der Waals surface area contributed by atoms with Crippen LogP contribution in [0.4, 0.5) is 4.79 Å². The minimum Gasteiger partial charge on any atom is -0.480 e. The van der Waals surface area contributed by atoms with Gasteiger partial charge in [-0.2, -0.15) is 0 Å². The van der Waals surface area contributed by atoms with Crippen molar-refractivity contribution < 1.29 is 19.4 Å². The Labute approximate surface area is 131 Å². The highest BCUT2D eigenvalue weighted by Gasteiger charge is 2.42. The van der Waals surface area contributed by atoms with Crippen LogP contribution in [0.15, 0.2) is 28.7 Å². The Hall–Kier alpha value is -1.60. The van der Waals surface area contributed by atoms with Crippen molar-refractivity contribution in [1.29, 1.82) is 0 Å². The molecule has 2 N–H and O–H groups in total. The van der Waals surface area contributed by atoms with Gasteiger partial charge in [0.05, 0.1) is 13.1 Å². The number of benzene rings is 1. The number of aliphatic carboxylic acids is 1. The Morgan fingerprint density at radius 2 is 2.10 bits per heavy atom. The average Bonchev–Trinajstić information content (AvgIpc) is 2.41. The summed E-state index contributed by atoms with van der Waals surface area (Å²) in [4.78, 5) is 24.0. The fraction of sp³-hybridized carbons (Fsp3) is 0.429. The number of rotatable bonds is 5. The molecule has 114 valence electrons. The Kier molecular flexibility index (Phi) is 4.84. The van der Waals surface area contributed by atoms with Crippen molar-refractivity contribution in [3.63, 3.8) is 0 Å². The molecule has 1 heterocycles. The number of carboxylic acids is 1. The number of carbonyl (C=O) groups excluding carboxylic acids is 1. The molecule has 1 fully saturated rings. The molecule has 6 nitrogen and oxygen atoms in total. The van der Waals surface area contributed by atoms with Crippen LogP contribution in [-0.4, -0.2) is 47.3 Å². The Morgan fingerprint density at radius 1 is 1.43 bits per heavy atom. The number of nitrogens with zero attached hydrogens (tertiary/aromatic N) is 1. The molecule has 21 heavy (non-hydrogen) atoms. The largest absolute Gasteiger partial charge is 0.480 e. The summed E-state index contributed by atoms with van der Waals surface area (Å²) in [7, 11) is 0. The van der Waals surface area contributed by atoms with Gasteiger partial charge in [0.25, 0.3) is 0 Å². The van der Waals surface area contributed by atoms with Crippen molar-refractivity contribution in [2.45, 2.75) is 19.1 Å². The molecule has 1 aliphatic heterocycles. The predicted octanol–water partition coefficient (Wildman–Crippen LogP) is 1.83. The lowest BCUT2D eigenvalue weighted by Gasteiger charge is -2.46. The van der Waals surface area contributed by atoms with Gasteiger partial charge >= 0.3 is 12.0 Å². The predicted molar refractivity (Wildman–Crippen MR) is 79.9 cm³/mol. The maximum atomic E-state index is 12.0. The Morgan fingerprint density at radius 3 is 2.71 bits per heavy atom. The second kappa shape index (κ2) is 6.44. The molecular formula is C14H17BrN2O4. The zero-order chi connectivity index (χ0) is 15.5. The quantitative estimate of drug-likeness (QED) is 0.843. The van der Waals surface area contributed by atoms with Crippen LogP contribution < -0.4 is 5.32 Å². The van der Waals surface area contributed by atoms with Crippen molar-refractivity contribution in [2.24, 2.45) is 0 Å². The average molecular weight is 357 g/mol. The number of hydrogen-bond acceptors (Lipinski definition) is 3. The van der Waals surface area contributed by atoms with Crippen molar-refractivity contribution in [3.8, 4) is 0 Å². The van der Waals surface area contributed by atoms with Crippen molar-refractivity contribution in [1.82, 2.24) is 10.2 Å². The third kappa shape index (κ3) is 4.18. The van der Waals surface area contributed by atoms with Crippen LogP contribution in [0.5, 0.6) is 0 Å². The topological polar surface area (TPSA) is 78.9 Å². The van der Waals surface area contributed by atoms with Gasteiger partial charge in [0.15, 0.2) is 0 Å². The first kappa shape index (κ1) is 15.8. The van der Waals surface area contributed by atoms with E-state index in [0.29, 0.717) is 19.6 Å². The second-order valence-electron chi connectivity index (χ2n) is 5.24. The van der Waals surface area contributed by atoms with E-state index in [1.54, 1.807) is 11.8 Å². The first-order valence-electron chi connectivity index (χ1n) is 6.51. The van der Waals surface area contributed by atoms with E-state index in [1.807, 2.05) is 24.3 Å². The fourth-order valence-corrected chi connectivity index (χ4v) is 2.58. The van der Waals surface area contributed by atoms with Gasteiger partial charge in [-0.1, -0.05) is 34.1 Å². The lowest BCUT2D eigenvalue weighted by atomic mass is 9.97. The standard InChI is InChI=1S/C14H17BrN2O4/c1-14(21-7-12(18)19)8-17(9-14)13(20)16-6-10-4-2-3-5-11(10)15/h2-5H,6-9H2,1H3,(H,16,20)(H,18,19). The maximum Gasteiger partial charge on any atom is 0.329 e. The summed E-state index contributed by atoms with van der Waals surface area (Å²) in [5.74, 6) is -1.01. The first-order valence-corrected chi connectivity index (χ1v) is 7.31. The zero-order valence-electron chi connectivity index (χ0n) is 11.6. The summed E-state index contributed by atoms with van der Waals surface area (Å²) in [5, 5.41) is 11.4. The molecule has 2 rings (SSSR count). The van der Waals surface area contributed by atoms with Gasteiger partial charge < -0.3 is 20.1 Å². The molecule has 0 atom stereocenters. The van der Waals surface area contributed by atoms with E-state index in [4.69, 9.17) is 9.84 Å². The zero-order valence-corrected chi connectivity index (χ0v) is 13.2. The SMILES string of the molecule is CC1(OCC(=O)O)CN(C(=O)NCc2ccccc2Br)C1. The van der Waals surface area contributed by atoms with Gasteiger partial charge in [0.2, 0.25) is 0 Å². The van der Waals surface area contributed by atoms with Crippen molar-refractivity contribution in [2.75, 3.05) is 19.7 Å². The van der Waals surface area contributed by atoms with Gasteiger partial charge in [-0.25, -0.2) is 9.59 Å². The highest BCUT2D eigenvalue weighted by Crippen LogP contribution is 2.24. The fourth-order valence-electron chi connectivity index (χ4n) is 2.16. The summed E-state index contributed by atoms with van der Waals surface area (Å²) in [6.07, 6.45) is 0. The van der Waals surface area contributed by atoms with E-state index in [-0.39, 0.29) is 12.6 Å². The molecule has 0 bridgehead atoms. The molecule has 1 saturated heterocycles. The van der Waals surface area contributed by atoms with Crippen LogP contribution in [0.25, 0.3) is 0 Å². The number of carboxylic acid groups (broad SMARTS) is 1. The molecule has 1 aromatic carbocycles. The summed E-state index contributed by atoms with van der Waals surface area (Å²) < 4.78 is 6.21. The van der Waals surface area contributed by atoms with Crippen molar-refractivity contribution >= 4 is 27.9 Å². The monoisotopic (exact) mass is 356 g/mol. The molecule has 7 heteroatoms. The summed E-state index contributed by atoms with van der Waals surface area (Å²) in [6.45, 7) is 2.67. The molecule has 0 aliphatic carbocycles. The lowest BCUT2D eigenvalue weighted by molar-refractivity contribution is -0.159. The smallest absolute Gasteiger partial charge is 0.329 e. The van der Waals surface area contributed by atoms with E-state index in [2.05, 4.69) is 21.2 Å². The van der Waals surface area contributed by atoms with Crippen LogP contribution in [0.1, 0.15) is 12.5 Å². The third-order valence-corrected chi connectivity index (χ3v) is 4.04.